The van der Waals surface area contributed by atoms with E-state index in [1.165, 1.54) is 6.07 Å². The van der Waals surface area contributed by atoms with E-state index in [9.17, 15) is 13.6 Å². The highest BCUT2D eigenvalue weighted by molar-refractivity contribution is 9.09. The predicted molar refractivity (Wildman–Crippen MR) is 75.2 cm³/mol. The van der Waals surface area contributed by atoms with Gasteiger partial charge in [0.15, 0.2) is 0 Å². The maximum atomic E-state index is 13.4. The number of alkyl halides is 1. The Hall–Kier alpha value is -0.970. The zero-order valence-corrected chi connectivity index (χ0v) is 12.6. The Labute approximate surface area is 120 Å². The number of rotatable bonds is 6. The Morgan fingerprint density at radius 3 is 2.37 bits per heavy atom. The van der Waals surface area contributed by atoms with Crippen molar-refractivity contribution >= 4 is 21.8 Å². The molecule has 0 bridgehead atoms. The Bertz CT molecular complexity index is 417. The second-order valence-electron chi connectivity index (χ2n) is 4.77. The second kappa shape index (κ2) is 7.58. The number of hydrogen-bond acceptors (Lipinski definition) is 1. The summed E-state index contributed by atoms with van der Waals surface area (Å²) in [5.74, 6) is -1.45. The predicted octanol–water partition coefficient (Wildman–Crippen LogP) is 3.43. The summed E-state index contributed by atoms with van der Waals surface area (Å²) < 4.78 is 26.9. The molecule has 0 saturated carbocycles. The number of nitrogens with one attached hydrogen (secondary N) is 1. The summed E-state index contributed by atoms with van der Waals surface area (Å²) in [6.07, 6.45) is 0.507. The average Bonchev–Trinajstić information content (AvgIpc) is 2.33. The van der Waals surface area contributed by atoms with Gasteiger partial charge >= 0.3 is 0 Å². The maximum absolute atomic E-state index is 13.4. The SMILES string of the molecule is CC(C)C(CCBr)NC(=O)Cc1c(F)cccc1F. The lowest BCUT2D eigenvalue weighted by Crippen LogP contribution is -2.39. The molecule has 0 aliphatic carbocycles. The van der Waals surface area contributed by atoms with Gasteiger partial charge in [-0.15, -0.1) is 0 Å². The van der Waals surface area contributed by atoms with E-state index in [0.717, 1.165) is 23.9 Å². The van der Waals surface area contributed by atoms with E-state index in [4.69, 9.17) is 0 Å². The van der Waals surface area contributed by atoms with Gasteiger partial charge in [-0.2, -0.15) is 0 Å². The van der Waals surface area contributed by atoms with Gasteiger partial charge in [0.2, 0.25) is 5.91 Å². The summed E-state index contributed by atoms with van der Waals surface area (Å²) in [6, 6.07) is 3.60. The molecule has 5 heteroatoms. The molecule has 1 N–H and O–H groups in total. The molecular formula is C14H18BrF2NO. The van der Waals surface area contributed by atoms with Crippen molar-refractivity contribution in [3.63, 3.8) is 0 Å². The standard InChI is InChI=1S/C14H18BrF2NO/c1-9(2)13(6-7-15)18-14(19)8-10-11(16)4-3-5-12(10)17/h3-5,9,13H,6-8H2,1-2H3,(H,18,19). The van der Waals surface area contributed by atoms with Crippen LogP contribution in [0.15, 0.2) is 18.2 Å². The minimum absolute atomic E-state index is 0.00158. The number of halogens is 3. The van der Waals surface area contributed by atoms with Crippen LogP contribution in [0.1, 0.15) is 25.8 Å². The molecule has 1 aromatic carbocycles. The minimum Gasteiger partial charge on any atom is -0.353 e. The van der Waals surface area contributed by atoms with Crippen LogP contribution in [0, 0.1) is 17.6 Å². The highest BCUT2D eigenvalue weighted by atomic mass is 79.9. The Morgan fingerprint density at radius 1 is 1.32 bits per heavy atom. The van der Waals surface area contributed by atoms with Crippen molar-refractivity contribution in [3.05, 3.63) is 35.4 Å². The molecule has 0 saturated heterocycles. The number of carbonyl (C=O) groups is 1. The van der Waals surface area contributed by atoms with Gasteiger partial charge in [0.25, 0.3) is 0 Å². The Kier molecular flexibility index (Phi) is 6.42. The largest absolute Gasteiger partial charge is 0.353 e. The molecule has 106 valence electrons. The van der Waals surface area contributed by atoms with Crippen LogP contribution < -0.4 is 5.32 Å². The molecule has 0 radical (unpaired) electrons. The third-order valence-corrected chi connectivity index (χ3v) is 3.43. The lowest BCUT2D eigenvalue weighted by atomic mass is 10.0. The minimum atomic E-state index is -0.684. The van der Waals surface area contributed by atoms with Crippen LogP contribution in [-0.2, 0) is 11.2 Å². The molecule has 1 unspecified atom stereocenters. The van der Waals surface area contributed by atoms with E-state index in [1.54, 1.807) is 0 Å². The molecule has 1 aromatic rings. The number of carbonyl (C=O) groups excluding carboxylic acids is 1. The molecule has 1 rings (SSSR count). The summed E-state index contributed by atoms with van der Waals surface area (Å²) in [4.78, 5) is 11.8. The smallest absolute Gasteiger partial charge is 0.224 e. The molecule has 2 nitrogen and oxygen atoms in total. The first-order chi connectivity index (χ1) is 8.95. The van der Waals surface area contributed by atoms with Crippen molar-refractivity contribution in [2.24, 2.45) is 5.92 Å². The van der Waals surface area contributed by atoms with Gasteiger partial charge in [-0.1, -0.05) is 35.8 Å². The van der Waals surface area contributed by atoms with Gasteiger partial charge in [0, 0.05) is 16.9 Å². The lowest BCUT2D eigenvalue weighted by Gasteiger charge is -2.21. The number of amides is 1. The molecule has 1 atom stereocenters. The normalized spacial score (nSPS) is 12.5. The Morgan fingerprint density at radius 2 is 1.89 bits per heavy atom. The lowest BCUT2D eigenvalue weighted by molar-refractivity contribution is -0.121. The van der Waals surface area contributed by atoms with Crippen molar-refractivity contribution < 1.29 is 13.6 Å². The van der Waals surface area contributed by atoms with Crippen molar-refractivity contribution in [2.45, 2.75) is 32.7 Å². The van der Waals surface area contributed by atoms with Crippen molar-refractivity contribution in [3.8, 4) is 0 Å². The van der Waals surface area contributed by atoms with E-state index in [-0.39, 0.29) is 29.9 Å². The fraction of sp³-hybridized carbons (Fsp3) is 0.500. The molecule has 0 fully saturated rings. The third kappa shape index (κ3) is 4.90. The monoisotopic (exact) mass is 333 g/mol. The van der Waals surface area contributed by atoms with E-state index in [2.05, 4.69) is 21.2 Å². The van der Waals surface area contributed by atoms with Crippen LogP contribution in [0.25, 0.3) is 0 Å². The molecule has 0 aliphatic heterocycles. The zero-order valence-electron chi connectivity index (χ0n) is 11.1. The number of benzene rings is 1. The topological polar surface area (TPSA) is 29.1 Å². The molecule has 0 heterocycles. The summed E-state index contributed by atoms with van der Waals surface area (Å²) in [6.45, 7) is 3.99. The van der Waals surface area contributed by atoms with E-state index in [1.807, 2.05) is 13.8 Å². The van der Waals surface area contributed by atoms with E-state index in [0.29, 0.717) is 0 Å². The van der Waals surface area contributed by atoms with Gasteiger partial charge in [-0.3, -0.25) is 4.79 Å². The van der Waals surface area contributed by atoms with Crippen LogP contribution in [0.5, 0.6) is 0 Å². The van der Waals surface area contributed by atoms with Gasteiger partial charge in [-0.05, 0) is 24.5 Å². The average molecular weight is 334 g/mol. The van der Waals surface area contributed by atoms with E-state index >= 15 is 0 Å². The van der Waals surface area contributed by atoms with Crippen LogP contribution in [0.3, 0.4) is 0 Å². The highest BCUT2D eigenvalue weighted by Crippen LogP contribution is 2.14. The van der Waals surface area contributed by atoms with Crippen LogP contribution in [-0.4, -0.2) is 17.3 Å². The molecule has 19 heavy (non-hydrogen) atoms. The van der Waals surface area contributed by atoms with Crippen LogP contribution >= 0.6 is 15.9 Å². The second-order valence-corrected chi connectivity index (χ2v) is 5.57. The summed E-state index contributed by atoms with van der Waals surface area (Å²) in [5.41, 5.74) is -0.179. The van der Waals surface area contributed by atoms with Crippen LogP contribution in [0.2, 0.25) is 0 Å². The first-order valence-electron chi connectivity index (χ1n) is 6.24. The van der Waals surface area contributed by atoms with Gasteiger partial charge < -0.3 is 5.32 Å². The van der Waals surface area contributed by atoms with Gasteiger partial charge in [0.1, 0.15) is 11.6 Å². The third-order valence-electron chi connectivity index (χ3n) is 2.97. The fourth-order valence-electron chi connectivity index (χ4n) is 1.81. The molecule has 1 amide bonds. The summed E-state index contributed by atoms with van der Waals surface area (Å²) in [5, 5.41) is 3.59. The highest BCUT2D eigenvalue weighted by Gasteiger charge is 2.18. The summed E-state index contributed by atoms with van der Waals surface area (Å²) in [7, 11) is 0. The molecule has 0 spiro atoms. The zero-order chi connectivity index (χ0) is 14.4. The van der Waals surface area contributed by atoms with Crippen molar-refractivity contribution in [1.29, 1.82) is 0 Å². The van der Waals surface area contributed by atoms with Gasteiger partial charge in [0.05, 0.1) is 6.42 Å². The quantitative estimate of drug-likeness (QED) is 0.794. The first kappa shape index (κ1) is 16.1. The van der Waals surface area contributed by atoms with Crippen LogP contribution in [0.4, 0.5) is 8.78 Å². The molecule has 0 aliphatic rings. The molecule has 0 aromatic heterocycles. The fourth-order valence-corrected chi connectivity index (χ4v) is 2.30. The summed E-state index contributed by atoms with van der Waals surface area (Å²) >= 11 is 3.33. The first-order valence-corrected chi connectivity index (χ1v) is 7.36. The van der Waals surface area contributed by atoms with Crippen molar-refractivity contribution in [2.75, 3.05) is 5.33 Å². The van der Waals surface area contributed by atoms with Crippen molar-refractivity contribution in [1.82, 2.24) is 5.32 Å². The Balaban J connectivity index is 2.69. The van der Waals surface area contributed by atoms with E-state index < -0.39 is 11.6 Å². The van der Waals surface area contributed by atoms with Gasteiger partial charge in [-0.25, -0.2) is 8.78 Å². The maximum Gasteiger partial charge on any atom is 0.224 e. The molecular weight excluding hydrogens is 316 g/mol. The number of hydrogen-bond donors (Lipinski definition) is 1.